The lowest BCUT2D eigenvalue weighted by molar-refractivity contribution is 0.0817. The summed E-state index contributed by atoms with van der Waals surface area (Å²) in [4.78, 5) is 16.5. The van der Waals surface area contributed by atoms with Crippen molar-refractivity contribution < 1.29 is 9.53 Å². The molecule has 0 bridgehead atoms. The van der Waals surface area contributed by atoms with Gasteiger partial charge in [0.25, 0.3) is 5.91 Å². The Hall–Kier alpha value is -1.81. The predicted molar refractivity (Wildman–Crippen MR) is 86.6 cm³/mol. The maximum absolute atomic E-state index is 12.6. The largest absolute Gasteiger partial charge is 0.497 e. The van der Waals surface area contributed by atoms with Gasteiger partial charge in [-0.15, -0.1) is 0 Å². The smallest absolute Gasteiger partial charge is 0.257 e. The first-order valence-electron chi connectivity index (χ1n) is 7.19. The van der Waals surface area contributed by atoms with E-state index in [1.165, 1.54) is 0 Å². The second-order valence-electron chi connectivity index (χ2n) is 5.59. The minimum Gasteiger partial charge on any atom is -0.497 e. The van der Waals surface area contributed by atoms with Gasteiger partial charge in [0, 0.05) is 18.3 Å². The molecule has 1 amide bonds. The Labute approximate surface area is 128 Å². The number of ether oxygens (including phenoxy) is 1. The van der Waals surface area contributed by atoms with Crippen molar-refractivity contribution in [1.82, 2.24) is 9.80 Å². The molecule has 0 aliphatic carbocycles. The Morgan fingerprint density at radius 2 is 1.76 bits per heavy atom. The fraction of sp³-hybridized carbons (Fsp3) is 0.471. The number of allylic oxidation sites excluding steroid dienone is 1. The van der Waals surface area contributed by atoms with Gasteiger partial charge in [0.15, 0.2) is 0 Å². The number of hydrogen-bond acceptors (Lipinski definition) is 3. The van der Waals surface area contributed by atoms with Crippen molar-refractivity contribution in [3.63, 3.8) is 0 Å². The van der Waals surface area contributed by atoms with Crippen LogP contribution in [0.5, 0.6) is 5.75 Å². The summed E-state index contributed by atoms with van der Waals surface area (Å²) in [6.45, 7) is 5.68. The Kier molecular flexibility index (Phi) is 6.96. The molecule has 0 radical (unpaired) electrons. The van der Waals surface area contributed by atoms with Crippen LogP contribution in [0.25, 0.3) is 0 Å². The quantitative estimate of drug-likeness (QED) is 0.774. The number of benzene rings is 1. The second-order valence-corrected chi connectivity index (χ2v) is 5.59. The predicted octanol–water partition coefficient (Wildman–Crippen LogP) is 3.01. The van der Waals surface area contributed by atoms with Gasteiger partial charge in [-0.2, -0.15) is 0 Å². The lowest BCUT2D eigenvalue weighted by Crippen LogP contribution is -2.29. The number of hydrogen-bond donors (Lipinski definition) is 0. The van der Waals surface area contributed by atoms with Gasteiger partial charge >= 0.3 is 0 Å². The molecule has 1 aromatic carbocycles. The van der Waals surface area contributed by atoms with Crippen LogP contribution in [0.4, 0.5) is 0 Å². The third-order valence-electron chi connectivity index (χ3n) is 3.02. The van der Waals surface area contributed by atoms with Crippen molar-refractivity contribution in [3.8, 4) is 5.75 Å². The van der Waals surface area contributed by atoms with Gasteiger partial charge < -0.3 is 14.5 Å². The first-order chi connectivity index (χ1) is 9.93. The van der Waals surface area contributed by atoms with Crippen LogP contribution in [0.15, 0.2) is 36.0 Å². The molecule has 116 valence electrons. The van der Waals surface area contributed by atoms with Crippen LogP contribution in [-0.2, 0) is 0 Å². The average molecular weight is 290 g/mol. The Morgan fingerprint density at radius 1 is 1.14 bits per heavy atom. The molecule has 0 fully saturated rings. The van der Waals surface area contributed by atoms with Crippen molar-refractivity contribution in [1.29, 1.82) is 0 Å². The Balaban J connectivity index is 2.80. The van der Waals surface area contributed by atoms with E-state index >= 15 is 0 Å². The van der Waals surface area contributed by atoms with E-state index in [1.807, 2.05) is 46.3 Å². The highest BCUT2D eigenvalue weighted by molar-refractivity contribution is 5.95. The third-order valence-corrected chi connectivity index (χ3v) is 3.02. The molecular formula is C17H26N2O2. The van der Waals surface area contributed by atoms with Crippen LogP contribution < -0.4 is 4.74 Å². The number of carbonyl (C=O) groups is 1. The first kappa shape index (κ1) is 17.2. The van der Waals surface area contributed by atoms with E-state index in [-0.39, 0.29) is 5.91 Å². The van der Waals surface area contributed by atoms with Crippen LogP contribution in [0.3, 0.4) is 0 Å². The molecule has 4 nitrogen and oxygen atoms in total. The summed E-state index contributed by atoms with van der Waals surface area (Å²) in [5.74, 6) is 0.783. The van der Waals surface area contributed by atoms with Crippen molar-refractivity contribution in [2.75, 3.05) is 34.3 Å². The lowest BCUT2D eigenvalue weighted by Gasteiger charge is -2.20. The molecule has 0 spiro atoms. The van der Waals surface area contributed by atoms with Crippen LogP contribution in [0.1, 0.15) is 30.6 Å². The van der Waals surface area contributed by atoms with E-state index in [9.17, 15) is 4.79 Å². The summed E-state index contributed by atoms with van der Waals surface area (Å²) in [5.41, 5.74) is 1.79. The molecular weight excluding hydrogens is 264 g/mol. The van der Waals surface area contributed by atoms with E-state index in [0.717, 1.165) is 24.3 Å². The average Bonchev–Trinajstić information content (AvgIpc) is 2.45. The van der Waals surface area contributed by atoms with Crippen LogP contribution >= 0.6 is 0 Å². The molecule has 0 atom stereocenters. The number of rotatable bonds is 7. The zero-order valence-corrected chi connectivity index (χ0v) is 13.7. The number of amides is 1. The lowest BCUT2D eigenvalue weighted by atomic mass is 10.2. The fourth-order valence-electron chi connectivity index (χ4n) is 1.99. The zero-order chi connectivity index (χ0) is 15.8. The molecule has 0 aromatic heterocycles. The summed E-state index contributed by atoms with van der Waals surface area (Å²) in [6.07, 6.45) is 2.86. The molecule has 4 heteroatoms. The fourth-order valence-corrected chi connectivity index (χ4v) is 1.99. The minimum absolute atomic E-state index is 0.0256. The first-order valence-corrected chi connectivity index (χ1v) is 7.19. The van der Waals surface area contributed by atoms with Crippen molar-refractivity contribution in [2.24, 2.45) is 0 Å². The van der Waals surface area contributed by atoms with Crippen molar-refractivity contribution in [3.05, 3.63) is 41.6 Å². The van der Waals surface area contributed by atoms with E-state index in [0.29, 0.717) is 12.1 Å². The highest BCUT2D eigenvalue weighted by Crippen LogP contribution is 2.14. The van der Waals surface area contributed by atoms with Crippen LogP contribution in [0, 0.1) is 0 Å². The maximum Gasteiger partial charge on any atom is 0.257 e. The van der Waals surface area contributed by atoms with Gasteiger partial charge in [-0.1, -0.05) is 5.57 Å². The van der Waals surface area contributed by atoms with E-state index in [2.05, 4.69) is 4.90 Å². The zero-order valence-electron chi connectivity index (χ0n) is 13.7. The molecule has 0 aliphatic heterocycles. The van der Waals surface area contributed by atoms with Gasteiger partial charge in [-0.05, 0) is 65.2 Å². The maximum atomic E-state index is 12.6. The topological polar surface area (TPSA) is 32.8 Å². The van der Waals surface area contributed by atoms with Gasteiger partial charge in [-0.3, -0.25) is 4.79 Å². The monoisotopic (exact) mass is 290 g/mol. The molecule has 0 N–H and O–H groups in total. The standard InChI is InChI=1S/C17H26N2O2/c1-14(2)13-19(12-6-11-18(3)4)17(20)15-7-9-16(21-5)10-8-15/h7-10,13H,6,11-12H2,1-5H3. The Morgan fingerprint density at radius 3 is 2.24 bits per heavy atom. The van der Waals surface area contributed by atoms with Crippen LogP contribution in [-0.4, -0.2) is 50.0 Å². The molecule has 0 heterocycles. The van der Waals surface area contributed by atoms with E-state index in [1.54, 1.807) is 24.1 Å². The molecule has 1 aromatic rings. The number of nitrogens with zero attached hydrogens (tertiary/aromatic N) is 2. The van der Waals surface area contributed by atoms with Crippen molar-refractivity contribution in [2.45, 2.75) is 20.3 Å². The van der Waals surface area contributed by atoms with Gasteiger partial charge in [-0.25, -0.2) is 0 Å². The highest BCUT2D eigenvalue weighted by Gasteiger charge is 2.13. The summed E-state index contributed by atoms with van der Waals surface area (Å²) >= 11 is 0. The molecule has 0 saturated carbocycles. The SMILES string of the molecule is COc1ccc(C(=O)N(C=C(C)C)CCCN(C)C)cc1. The minimum atomic E-state index is 0.0256. The van der Waals surface area contributed by atoms with Crippen LogP contribution in [0.2, 0.25) is 0 Å². The van der Waals surface area contributed by atoms with Gasteiger partial charge in [0.05, 0.1) is 7.11 Å². The number of methoxy groups -OCH3 is 1. The molecule has 0 unspecified atom stereocenters. The number of carbonyl (C=O) groups excluding carboxylic acids is 1. The normalized spacial score (nSPS) is 10.4. The Bertz CT molecular complexity index is 474. The summed E-state index contributed by atoms with van der Waals surface area (Å²) in [5, 5.41) is 0. The van der Waals surface area contributed by atoms with E-state index < -0.39 is 0 Å². The molecule has 0 saturated heterocycles. The second kappa shape index (κ2) is 8.47. The summed E-state index contributed by atoms with van der Waals surface area (Å²) in [6, 6.07) is 7.24. The van der Waals surface area contributed by atoms with Gasteiger partial charge in [0.2, 0.25) is 0 Å². The highest BCUT2D eigenvalue weighted by atomic mass is 16.5. The summed E-state index contributed by atoms with van der Waals surface area (Å²) < 4.78 is 5.12. The van der Waals surface area contributed by atoms with Gasteiger partial charge in [0.1, 0.15) is 5.75 Å². The molecule has 1 rings (SSSR count). The van der Waals surface area contributed by atoms with Crippen molar-refractivity contribution >= 4 is 5.91 Å². The molecule has 0 aliphatic rings. The summed E-state index contributed by atoms with van der Waals surface area (Å²) in [7, 11) is 5.70. The van der Waals surface area contributed by atoms with E-state index in [4.69, 9.17) is 4.74 Å². The molecule has 21 heavy (non-hydrogen) atoms. The third kappa shape index (κ3) is 6.00.